The maximum absolute atomic E-state index is 14.0. The summed E-state index contributed by atoms with van der Waals surface area (Å²) in [6.07, 6.45) is 5.59. The van der Waals surface area contributed by atoms with Gasteiger partial charge in [0.2, 0.25) is 21.8 Å². The first kappa shape index (κ1) is 29.7. The number of hydrogen-bond donors (Lipinski definition) is 1. The molecule has 10 heteroatoms. The molecular formula is C30H41N3O6S. The smallest absolute Gasteiger partial charge is 0.244 e. The van der Waals surface area contributed by atoms with E-state index in [4.69, 9.17) is 9.47 Å². The normalized spacial score (nSPS) is 16.2. The summed E-state index contributed by atoms with van der Waals surface area (Å²) >= 11 is 0. The van der Waals surface area contributed by atoms with Gasteiger partial charge in [-0.25, -0.2) is 8.42 Å². The summed E-state index contributed by atoms with van der Waals surface area (Å²) in [5.41, 5.74) is 2.23. The number of aryl methyl sites for hydroxylation is 1. The van der Waals surface area contributed by atoms with Crippen LogP contribution in [0.5, 0.6) is 11.5 Å². The fourth-order valence-electron chi connectivity index (χ4n) is 5.38. The predicted molar refractivity (Wildman–Crippen MR) is 155 cm³/mol. The molecule has 40 heavy (non-hydrogen) atoms. The van der Waals surface area contributed by atoms with Crippen LogP contribution < -0.4 is 19.1 Å². The molecule has 0 radical (unpaired) electrons. The van der Waals surface area contributed by atoms with E-state index in [-0.39, 0.29) is 24.2 Å². The summed E-state index contributed by atoms with van der Waals surface area (Å²) in [6.45, 7) is 5.92. The molecule has 0 bridgehead atoms. The summed E-state index contributed by atoms with van der Waals surface area (Å²) in [5.74, 6) is 0.134. The van der Waals surface area contributed by atoms with Gasteiger partial charge < -0.3 is 19.7 Å². The topological polar surface area (TPSA) is 105 Å². The van der Waals surface area contributed by atoms with Crippen LogP contribution in [0.2, 0.25) is 0 Å². The van der Waals surface area contributed by atoms with Gasteiger partial charge in [-0.15, -0.1) is 0 Å². The standard InChI is InChI=1S/C30H41N3O6S/c1-4-26(30(35)31-24-12-7-6-8-13-24)32(20-23-11-9-10-22(3)18-23)29(34)21-33(40(36,37)5-2)25-14-15-27-28(19-25)39-17-16-38-27/h9-11,14-15,18-19,24,26H,4-8,12-13,16-17,20-21H2,1-3H3,(H,31,35)/t26-/m1/s1. The zero-order valence-corrected chi connectivity index (χ0v) is 24.5. The molecule has 1 heterocycles. The van der Waals surface area contributed by atoms with Crippen LogP contribution in [0.1, 0.15) is 63.5 Å². The van der Waals surface area contributed by atoms with Gasteiger partial charge in [-0.3, -0.25) is 13.9 Å². The second kappa shape index (κ2) is 13.4. The maximum atomic E-state index is 14.0. The molecule has 1 saturated carbocycles. The molecule has 2 aromatic carbocycles. The molecule has 0 aromatic heterocycles. The zero-order valence-electron chi connectivity index (χ0n) is 23.7. The van der Waals surface area contributed by atoms with Gasteiger partial charge in [-0.1, -0.05) is 56.0 Å². The van der Waals surface area contributed by atoms with E-state index in [0.29, 0.717) is 36.8 Å². The molecule has 1 N–H and O–H groups in total. The van der Waals surface area contributed by atoms with E-state index in [1.165, 1.54) is 11.3 Å². The van der Waals surface area contributed by atoms with Crippen LogP contribution >= 0.6 is 0 Å². The number of carbonyl (C=O) groups is 2. The Morgan fingerprint density at radius 1 is 1.00 bits per heavy atom. The molecule has 218 valence electrons. The van der Waals surface area contributed by atoms with Gasteiger partial charge in [-0.05, 0) is 50.8 Å². The van der Waals surface area contributed by atoms with E-state index >= 15 is 0 Å². The molecule has 4 rings (SSSR count). The maximum Gasteiger partial charge on any atom is 0.244 e. The van der Waals surface area contributed by atoms with Crippen molar-refractivity contribution in [3.63, 3.8) is 0 Å². The number of fused-ring (bicyclic) bond motifs is 1. The van der Waals surface area contributed by atoms with Crippen LogP contribution in [0.4, 0.5) is 5.69 Å². The van der Waals surface area contributed by atoms with Crippen LogP contribution in [0.15, 0.2) is 42.5 Å². The molecule has 1 fully saturated rings. The third-order valence-corrected chi connectivity index (χ3v) is 9.31. The minimum absolute atomic E-state index is 0.0981. The molecule has 1 atom stereocenters. The lowest BCUT2D eigenvalue weighted by Crippen LogP contribution is -2.54. The monoisotopic (exact) mass is 571 g/mol. The summed E-state index contributed by atoms with van der Waals surface area (Å²) in [5, 5.41) is 3.17. The van der Waals surface area contributed by atoms with Crippen LogP contribution in [-0.2, 0) is 26.2 Å². The number of nitrogens with one attached hydrogen (secondary N) is 1. The molecular weight excluding hydrogens is 530 g/mol. The molecule has 0 saturated heterocycles. The van der Waals surface area contributed by atoms with Gasteiger partial charge >= 0.3 is 0 Å². The highest BCUT2D eigenvalue weighted by Gasteiger charge is 2.33. The predicted octanol–water partition coefficient (Wildman–Crippen LogP) is 4.18. The number of rotatable bonds is 11. The highest BCUT2D eigenvalue weighted by molar-refractivity contribution is 7.92. The average Bonchev–Trinajstić information content (AvgIpc) is 2.96. The summed E-state index contributed by atoms with van der Waals surface area (Å²) in [7, 11) is -3.83. The van der Waals surface area contributed by atoms with Gasteiger partial charge in [0.15, 0.2) is 11.5 Å². The Hall–Kier alpha value is -3.27. The number of sulfonamides is 1. The lowest BCUT2D eigenvalue weighted by Gasteiger charge is -2.34. The molecule has 2 aliphatic rings. The second-order valence-corrected chi connectivity index (χ2v) is 12.7. The number of hydrogen-bond acceptors (Lipinski definition) is 6. The van der Waals surface area contributed by atoms with Crippen molar-refractivity contribution in [2.45, 2.75) is 77.9 Å². The fraction of sp³-hybridized carbons (Fsp3) is 0.533. The Kier molecular flexibility index (Phi) is 9.95. The Labute approximate surface area is 237 Å². The van der Waals surface area contributed by atoms with Crippen molar-refractivity contribution < 1.29 is 27.5 Å². The molecule has 9 nitrogen and oxygen atoms in total. The number of anilines is 1. The lowest BCUT2D eigenvalue weighted by molar-refractivity contribution is -0.140. The van der Waals surface area contributed by atoms with Crippen LogP contribution in [0.3, 0.4) is 0 Å². The van der Waals surface area contributed by atoms with Crippen LogP contribution in [0.25, 0.3) is 0 Å². The largest absolute Gasteiger partial charge is 0.486 e. The van der Waals surface area contributed by atoms with E-state index in [1.54, 1.807) is 25.1 Å². The van der Waals surface area contributed by atoms with Crippen molar-refractivity contribution in [3.8, 4) is 11.5 Å². The number of benzene rings is 2. The molecule has 0 unspecified atom stereocenters. The Balaban J connectivity index is 1.64. The van der Waals surface area contributed by atoms with E-state index in [1.807, 2.05) is 38.1 Å². The zero-order chi connectivity index (χ0) is 28.7. The fourth-order valence-corrected chi connectivity index (χ4v) is 6.43. The van der Waals surface area contributed by atoms with Crippen LogP contribution in [-0.4, -0.2) is 62.7 Å². The van der Waals surface area contributed by atoms with Crippen molar-refractivity contribution in [1.29, 1.82) is 0 Å². The summed E-state index contributed by atoms with van der Waals surface area (Å²) in [4.78, 5) is 29.1. The first-order chi connectivity index (χ1) is 19.2. The number of nitrogens with zero attached hydrogens (tertiary/aromatic N) is 2. The van der Waals surface area contributed by atoms with Crippen molar-refractivity contribution >= 4 is 27.5 Å². The van der Waals surface area contributed by atoms with Gasteiger partial charge in [-0.2, -0.15) is 0 Å². The number of ether oxygens (including phenoxy) is 2. The molecule has 2 amide bonds. The first-order valence-corrected chi connectivity index (χ1v) is 15.9. The minimum Gasteiger partial charge on any atom is -0.486 e. The van der Waals surface area contributed by atoms with Crippen LogP contribution in [0, 0.1) is 6.92 Å². The Bertz CT molecular complexity index is 1290. The first-order valence-electron chi connectivity index (χ1n) is 14.3. The molecule has 2 aromatic rings. The number of amides is 2. The quantitative estimate of drug-likeness (QED) is 0.434. The SMILES string of the molecule is CC[C@H](C(=O)NC1CCCCC1)N(Cc1cccc(C)c1)C(=O)CN(c1ccc2c(c1)OCCO2)S(=O)(=O)CC. The van der Waals surface area contributed by atoms with Gasteiger partial charge in [0.1, 0.15) is 25.8 Å². The molecule has 1 aliphatic heterocycles. The third kappa shape index (κ3) is 7.27. The summed E-state index contributed by atoms with van der Waals surface area (Å²) in [6, 6.07) is 12.0. The van der Waals surface area contributed by atoms with Crippen molar-refractivity contribution in [2.24, 2.45) is 0 Å². The van der Waals surface area contributed by atoms with E-state index in [2.05, 4.69) is 5.32 Å². The highest BCUT2D eigenvalue weighted by Crippen LogP contribution is 2.35. The lowest BCUT2D eigenvalue weighted by atomic mass is 9.95. The van der Waals surface area contributed by atoms with Crippen molar-refractivity contribution in [2.75, 3.05) is 29.8 Å². The van der Waals surface area contributed by atoms with Gasteiger partial charge in [0.05, 0.1) is 11.4 Å². The van der Waals surface area contributed by atoms with Gasteiger partial charge in [0, 0.05) is 18.7 Å². The Morgan fingerprint density at radius 3 is 2.40 bits per heavy atom. The highest BCUT2D eigenvalue weighted by atomic mass is 32.2. The van der Waals surface area contributed by atoms with Crippen molar-refractivity contribution in [1.82, 2.24) is 10.2 Å². The molecule has 0 spiro atoms. The summed E-state index contributed by atoms with van der Waals surface area (Å²) < 4.78 is 38.9. The van der Waals surface area contributed by atoms with E-state index < -0.39 is 28.5 Å². The third-order valence-electron chi connectivity index (χ3n) is 7.57. The van der Waals surface area contributed by atoms with Crippen molar-refractivity contribution in [3.05, 3.63) is 53.6 Å². The number of carbonyl (C=O) groups excluding carboxylic acids is 2. The molecule has 1 aliphatic carbocycles. The van der Waals surface area contributed by atoms with E-state index in [9.17, 15) is 18.0 Å². The average molecular weight is 572 g/mol. The Morgan fingerprint density at radius 2 is 1.73 bits per heavy atom. The van der Waals surface area contributed by atoms with Gasteiger partial charge in [0.25, 0.3) is 0 Å². The second-order valence-electron chi connectivity index (χ2n) is 10.5. The minimum atomic E-state index is -3.83. The van der Waals surface area contributed by atoms with E-state index in [0.717, 1.165) is 41.1 Å².